The second-order valence-corrected chi connectivity index (χ2v) is 7.21. The molecule has 2 aromatic heterocycles. The van der Waals surface area contributed by atoms with Gasteiger partial charge in [0.25, 0.3) is 11.8 Å². The van der Waals surface area contributed by atoms with Gasteiger partial charge in [0.1, 0.15) is 11.5 Å². The molecular weight excluding hydrogens is 368 g/mol. The molecule has 0 saturated carbocycles. The second kappa shape index (κ2) is 8.34. The van der Waals surface area contributed by atoms with E-state index in [9.17, 15) is 9.59 Å². The number of hydrogen-bond donors (Lipinski definition) is 2. The maximum atomic E-state index is 12.9. The molecule has 3 heterocycles. The molecule has 4 rings (SSSR count). The smallest absolute Gasteiger partial charge is 0.287 e. The van der Waals surface area contributed by atoms with Gasteiger partial charge in [-0.25, -0.2) is 4.98 Å². The van der Waals surface area contributed by atoms with Crippen LogP contribution in [0.2, 0.25) is 0 Å². The minimum absolute atomic E-state index is 0.156. The van der Waals surface area contributed by atoms with Gasteiger partial charge in [-0.15, -0.1) is 0 Å². The average molecular weight is 392 g/mol. The van der Waals surface area contributed by atoms with Crippen LogP contribution in [0.1, 0.15) is 63.9 Å². The molecule has 0 aliphatic carbocycles. The molecule has 0 radical (unpaired) electrons. The van der Waals surface area contributed by atoms with Gasteiger partial charge in [0.05, 0.1) is 24.5 Å². The van der Waals surface area contributed by atoms with Crippen molar-refractivity contribution in [3.63, 3.8) is 0 Å². The summed E-state index contributed by atoms with van der Waals surface area (Å²) in [6, 6.07) is 13.2. The Kier molecular flexibility index (Phi) is 5.46. The van der Waals surface area contributed by atoms with Crippen LogP contribution in [-0.2, 0) is 19.5 Å². The van der Waals surface area contributed by atoms with Crippen LogP contribution in [0, 0.1) is 0 Å². The monoisotopic (exact) mass is 392 g/mol. The quantitative estimate of drug-likeness (QED) is 0.674. The van der Waals surface area contributed by atoms with Crippen molar-refractivity contribution in [1.29, 1.82) is 0 Å². The molecular formula is C22H24N4O3. The van der Waals surface area contributed by atoms with Crippen LogP contribution in [0.25, 0.3) is 0 Å². The third-order valence-corrected chi connectivity index (χ3v) is 5.19. The Morgan fingerprint density at radius 2 is 1.97 bits per heavy atom. The summed E-state index contributed by atoms with van der Waals surface area (Å²) in [5.74, 6) is 0.406. The lowest BCUT2D eigenvalue weighted by atomic mass is 10.1. The first kappa shape index (κ1) is 19.0. The first-order chi connectivity index (χ1) is 14.1. The predicted molar refractivity (Wildman–Crippen MR) is 107 cm³/mol. The van der Waals surface area contributed by atoms with Crippen LogP contribution in [0.5, 0.6) is 0 Å². The maximum absolute atomic E-state index is 12.9. The Morgan fingerprint density at radius 1 is 1.14 bits per heavy atom. The first-order valence-electron chi connectivity index (χ1n) is 9.89. The molecule has 7 nitrogen and oxygen atoms in total. The third-order valence-electron chi connectivity index (χ3n) is 5.19. The Hall–Kier alpha value is -3.35. The zero-order valence-corrected chi connectivity index (χ0v) is 16.4. The normalized spacial score (nSPS) is 14.1. The maximum Gasteiger partial charge on any atom is 0.287 e. The average Bonchev–Trinajstić information content (AvgIpc) is 3.40. The van der Waals surface area contributed by atoms with Crippen molar-refractivity contribution in [2.45, 2.75) is 45.3 Å². The molecule has 1 aliphatic heterocycles. The highest BCUT2D eigenvalue weighted by Crippen LogP contribution is 2.22. The van der Waals surface area contributed by atoms with Gasteiger partial charge >= 0.3 is 0 Å². The van der Waals surface area contributed by atoms with Crippen molar-refractivity contribution >= 4 is 11.8 Å². The zero-order chi connectivity index (χ0) is 20.2. The van der Waals surface area contributed by atoms with Crippen LogP contribution in [-0.4, -0.2) is 21.4 Å². The van der Waals surface area contributed by atoms with Crippen LogP contribution < -0.4 is 10.6 Å². The van der Waals surface area contributed by atoms with E-state index >= 15 is 0 Å². The van der Waals surface area contributed by atoms with Gasteiger partial charge in [-0.1, -0.05) is 30.3 Å². The number of hydrogen-bond acceptors (Lipinski definition) is 4. The summed E-state index contributed by atoms with van der Waals surface area (Å²) in [6.07, 6.45) is 4.24. The molecule has 1 unspecified atom stereocenters. The van der Waals surface area contributed by atoms with E-state index in [0.717, 1.165) is 30.5 Å². The Labute approximate surface area is 169 Å². The largest absolute Gasteiger partial charge is 0.467 e. The van der Waals surface area contributed by atoms with Crippen LogP contribution in [0.3, 0.4) is 0 Å². The van der Waals surface area contributed by atoms with Crippen molar-refractivity contribution < 1.29 is 14.0 Å². The van der Waals surface area contributed by atoms with Gasteiger partial charge < -0.3 is 19.6 Å². The van der Waals surface area contributed by atoms with Gasteiger partial charge in [-0.05, 0) is 43.9 Å². The van der Waals surface area contributed by atoms with E-state index in [4.69, 9.17) is 4.42 Å². The molecule has 29 heavy (non-hydrogen) atoms. The Bertz CT molecular complexity index is 993. The summed E-state index contributed by atoms with van der Waals surface area (Å²) in [5.41, 5.74) is 2.17. The van der Waals surface area contributed by atoms with Crippen LogP contribution in [0.15, 0.2) is 53.1 Å². The van der Waals surface area contributed by atoms with E-state index in [-0.39, 0.29) is 24.4 Å². The highest BCUT2D eigenvalue weighted by Gasteiger charge is 2.28. The van der Waals surface area contributed by atoms with Crippen molar-refractivity contribution in [2.24, 2.45) is 0 Å². The number of nitrogens with zero attached hydrogens (tertiary/aromatic N) is 2. The highest BCUT2D eigenvalue weighted by molar-refractivity contribution is 5.97. The topological polar surface area (TPSA) is 89.2 Å². The van der Waals surface area contributed by atoms with E-state index < -0.39 is 0 Å². The van der Waals surface area contributed by atoms with Crippen LogP contribution in [0.4, 0.5) is 0 Å². The van der Waals surface area contributed by atoms with Gasteiger partial charge in [-0.3, -0.25) is 9.59 Å². The standard InChI is InChI=1S/C22H24N4O3/c1-15(16-8-3-2-4-9-16)24-22(28)20-25-19(18-11-5-6-12-26(18)20)21(27)23-14-17-10-7-13-29-17/h2-4,7-10,13,15H,5-6,11-12,14H2,1H3,(H,23,27)(H,24,28). The first-order valence-corrected chi connectivity index (χ1v) is 9.89. The van der Waals surface area contributed by atoms with E-state index in [1.54, 1.807) is 18.4 Å². The molecule has 2 N–H and O–H groups in total. The van der Waals surface area contributed by atoms with Gasteiger partial charge in [-0.2, -0.15) is 0 Å². The SMILES string of the molecule is CC(NC(=O)c1nc(C(=O)NCc2ccco2)c2n1CCCC2)c1ccccc1. The predicted octanol–water partition coefficient (Wildman–Crippen LogP) is 3.23. The number of imidazole rings is 1. The zero-order valence-electron chi connectivity index (χ0n) is 16.4. The molecule has 3 aromatic rings. The van der Waals surface area contributed by atoms with Gasteiger partial charge in [0, 0.05) is 6.54 Å². The Balaban J connectivity index is 1.54. The summed E-state index contributed by atoms with van der Waals surface area (Å²) >= 11 is 0. The third kappa shape index (κ3) is 4.08. The molecule has 2 amide bonds. The molecule has 1 aromatic carbocycles. The lowest BCUT2D eigenvalue weighted by molar-refractivity contribution is 0.0923. The van der Waals surface area contributed by atoms with Crippen LogP contribution >= 0.6 is 0 Å². The van der Waals surface area contributed by atoms with Crippen molar-refractivity contribution in [2.75, 3.05) is 0 Å². The molecule has 1 aliphatic rings. The molecule has 7 heteroatoms. The molecule has 0 fully saturated rings. The molecule has 0 bridgehead atoms. The number of rotatable bonds is 6. The van der Waals surface area contributed by atoms with Crippen molar-refractivity contribution in [3.05, 3.63) is 77.3 Å². The number of carbonyl (C=O) groups excluding carboxylic acids is 2. The number of aromatic nitrogens is 2. The van der Waals surface area contributed by atoms with Gasteiger partial charge in [0.15, 0.2) is 5.82 Å². The lowest BCUT2D eigenvalue weighted by Crippen LogP contribution is -2.30. The summed E-state index contributed by atoms with van der Waals surface area (Å²) < 4.78 is 7.14. The van der Waals surface area contributed by atoms with Crippen molar-refractivity contribution in [1.82, 2.24) is 20.2 Å². The highest BCUT2D eigenvalue weighted by atomic mass is 16.3. The summed E-state index contributed by atoms with van der Waals surface area (Å²) in [4.78, 5) is 30.1. The fourth-order valence-corrected chi connectivity index (χ4v) is 3.65. The van der Waals surface area contributed by atoms with E-state index in [0.29, 0.717) is 23.8 Å². The minimum Gasteiger partial charge on any atom is -0.467 e. The summed E-state index contributed by atoms with van der Waals surface area (Å²) in [5, 5.41) is 5.83. The number of amides is 2. The molecule has 1 atom stereocenters. The minimum atomic E-state index is -0.290. The molecule has 150 valence electrons. The lowest BCUT2D eigenvalue weighted by Gasteiger charge is -2.18. The summed E-state index contributed by atoms with van der Waals surface area (Å²) in [7, 11) is 0. The Morgan fingerprint density at radius 3 is 2.72 bits per heavy atom. The number of carbonyl (C=O) groups is 2. The van der Waals surface area contributed by atoms with Crippen molar-refractivity contribution in [3.8, 4) is 0 Å². The van der Waals surface area contributed by atoms with E-state index in [1.165, 1.54) is 0 Å². The fraction of sp³-hybridized carbons (Fsp3) is 0.318. The summed E-state index contributed by atoms with van der Waals surface area (Å²) in [6.45, 7) is 2.91. The van der Waals surface area contributed by atoms with E-state index in [2.05, 4.69) is 15.6 Å². The number of furan rings is 1. The fourth-order valence-electron chi connectivity index (χ4n) is 3.65. The van der Waals surface area contributed by atoms with Gasteiger partial charge in [0.2, 0.25) is 0 Å². The molecule has 0 saturated heterocycles. The van der Waals surface area contributed by atoms with E-state index in [1.807, 2.05) is 41.8 Å². The number of fused-ring (bicyclic) bond motifs is 1. The second-order valence-electron chi connectivity index (χ2n) is 7.21. The number of benzene rings is 1. The molecule has 0 spiro atoms. The number of nitrogens with one attached hydrogen (secondary N) is 2.